The van der Waals surface area contributed by atoms with Crippen molar-refractivity contribution in [2.75, 3.05) is 13.2 Å². The minimum Gasteiger partial charge on any atom is -0.416 e. The molecule has 1 aliphatic rings. The van der Waals surface area contributed by atoms with Gasteiger partial charge in [-0.15, -0.1) is 0 Å². The van der Waals surface area contributed by atoms with Gasteiger partial charge in [0.25, 0.3) is 0 Å². The summed E-state index contributed by atoms with van der Waals surface area (Å²) in [6, 6.07) is 0. The quantitative estimate of drug-likeness (QED) is 0.785. The van der Waals surface area contributed by atoms with Gasteiger partial charge in [-0.1, -0.05) is 20.8 Å². The lowest BCUT2D eigenvalue weighted by Crippen LogP contribution is -2.41. The Hall–Kier alpha value is -0.613. The van der Waals surface area contributed by atoms with Gasteiger partial charge in [0.05, 0.1) is 0 Å². The Kier molecular flexibility index (Phi) is 4.20. The predicted octanol–water partition coefficient (Wildman–Crippen LogP) is 2.84. The molecule has 0 aromatic rings. The third-order valence-corrected chi connectivity index (χ3v) is 8.46. The van der Waals surface area contributed by atoms with Gasteiger partial charge in [0.2, 0.25) is 5.91 Å². The van der Waals surface area contributed by atoms with Gasteiger partial charge < -0.3 is 9.74 Å². The molecule has 0 atom stereocenters. The van der Waals surface area contributed by atoms with Crippen LogP contribution in [0.3, 0.4) is 0 Å². The third-order valence-electron chi connectivity index (χ3n) is 3.92. The van der Waals surface area contributed by atoms with Crippen molar-refractivity contribution < 1.29 is 9.22 Å². The molecule has 0 unspecified atom stereocenters. The van der Waals surface area contributed by atoms with Crippen LogP contribution in [0, 0.1) is 0 Å². The van der Waals surface area contributed by atoms with Gasteiger partial charge in [-0.3, -0.25) is 4.79 Å². The average molecular weight is 255 g/mol. The Labute approximate surface area is 106 Å². The number of carbonyl (C=O) groups excluding carboxylic acids is 1. The Morgan fingerprint density at radius 3 is 2.35 bits per heavy atom. The van der Waals surface area contributed by atoms with Crippen molar-refractivity contribution in [1.29, 1.82) is 0 Å². The molecule has 98 valence electrons. The van der Waals surface area contributed by atoms with Gasteiger partial charge in [-0.25, -0.2) is 0 Å². The lowest BCUT2D eigenvalue weighted by Gasteiger charge is -2.36. The molecule has 0 aromatic carbocycles. The highest BCUT2D eigenvalue weighted by atomic mass is 28.4. The van der Waals surface area contributed by atoms with Crippen LogP contribution in [-0.2, 0) is 9.22 Å². The highest BCUT2D eigenvalue weighted by Crippen LogP contribution is 2.36. The Morgan fingerprint density at radius 2 is 1.94 bits per heavy atom. The van der Waals surface area contributed by atoms with E-state index in [1.165, 1.54) is 0 Å². The van der Waals surface area contributed by atoms with Crippen LogP contribution in [0.5, 0.6) is 0 Å². The average Bonchev–Trinajstić information content (AvgIpc) is 2.47. The molecule has 1 amide bonds. The van der Waals surface area contributed by atoms with Crippen LogP contribution in [0.2, 0.25) is 18.1 Å². The molecule has 0 spiro atoms. The van der Waals surface area contributed by atoms with Crippen molar-refractivity contribution in [3.8, 4) is 0 Å². The van der Waals surface area contributed by atoms with Crippen molar-refractivity contribution >= 4 is 14.2 Å². The molecule has 1 aliphatic heterocycles. The zero-order chi connectivity index (χ0) is 13.3. The maximum atomic E-state index is 11.5. The largest absolute Gasteiger partial charge is 0.416 e. The molecule has 0 fully saturated rings. The van der Waals surface area contributed by atoms with Crippen LogP contribution in [0.15, 0.2) is 11.1 Å². The predicted molar refractivity (Wildman–Crippen MR) is 73.5 cm³/mol. The second-order valence-electron chi connectivity index (χ2n) is 6.30. The summed E-state index contributed by atoms with van der Waals surface area (Å²) in [6.45, 7) is 14.5. The van der Waals surface area contributed by atoms with Gasteiger partial charge in [-0.2, -0.15) is 0 Å². The van der Waals surface area contributed by atoms with E-state index >= 15 is 0 Å². The third kappa shape index (κ3) is 3.42. The molecule has 17 heavy (non-hydrogen) atoms. The summed E-state index contributed by atoms with van der Waals surface area (Å²) in [5.74, 6) is 0.0846. The van der Waals surface area contributed by atoms with Crippen molar-refractivity contribution in [2.45, 2.75) is 52.2 Å². The highest BCUT2D eigenvalue weighted by Gasteiger charge is 2.37. The molecule has 0 saturated carbocycles. The summed E-state index contributed by atoms with van der Waals surface area (Å²) in [5.41, 5.74) is 2.08. The fraction of sp³-hybridized carbons (Fsp3) is 0.769. The van der Waals surface area contributed by atoms with E-state index in [1.807, 2.05) is 6.92 Å². The summed E-state index contributed by atoms with van der Waals surface area (Å²) in [5, 5.41) is 3.07. The van der Waals surface area contributed by atoms with E-state index in [2.05, 4.69) is 39.2 Å². The molecule has 0 bridgehead atoms. The van der Waals surface area contributed by atoms with Crippen LogP contribution in [0.1, 0.15) is 34.1 Å². The number of hydrogen-bond acceptors (Lipinski definition) is 2. The highest BCUT2D eigenvalue weighted by molar-refractivity contribution is 6.74. The molecular weight excluding hydrogens is 230 g/mol. The molecule has 1 heterocycles. The number of carbonyl (C=O) groups is 1. The first-order chi connectivity index (χ1) is 7.65. The number of nitrogens with one attached hydrogen (secondary N) is 1. The van der Waals surface area contributed by atoms with Crippen LogP contribution < -0.4 is 5.32 Å². The van der Waals surface area contributed by atoms with Gasteiger partial charge in [0, 0.05) is 18.7 Å². The topological polar surface area (TPSA) is 38.3 Å². The minimum absolute atomic E-state index is 0.0846. The first-order valence-electron chi connectivity index (χ1n) is 6.26. The molecule has 0 aliphatic carbocycles. The van der Waals surface area contributed by atoms with E-state index in [1.54, 1.807) is 0 Å². The van der Waals surface area contributed by atoms with Crippen molar-refractivity contribution in [3.63, 3.8) is 0 Å². The molecule has 4 heteroatoms. The fourth-order valence-electron chi connectivity index (χ4n) is 1.57. The van der Waals surface area contributed by atoms with E-state index in [0.29, 0.717) is 13.2 Å². The molecule has 0 radical (unpaired) electrons. The molecule has 0 saturated heterocycles. The van der Waals surface area contributed by atoms with Crippen LogP contribution in [-0.4, -0.2) is 27.4 Å². The first kappa shape index (κ1) is 14.4. The number of rotatable bonds is 4. The number of hydrogen-bond donors (Lipinski definition) is 1. The van der Waals surface area contributed by atoms with Crippen LogP contribution in [0.25, 0.3) is 0 Å². The molecular formula is C13H25NO2Si. The van der Waals surface area contributed by atoms with Gasteiger partial charge >= 0.3 is 0 Å². The summed E-state index contributed by atoms with van der Waals surface area (Å²) < 4.78 is 6.08. The fourth-order valence-corrected chi connectivity index (χ4v) is 2.62. The van der Waals surface area contributed by atoms with Gasteiger partial charge in [0.1, 0.15) is 0 Å². The lowest BCUT2D eigenvalue weighted by atomic mass is 10.1. The smallest absolute Gasteiger partial charge is 0.247 e. The minimum atomic E-state index is -1.68. The molecule has 0 aromatic heterocycles. The summed E-state index contributed by atoms with van der Waals surface area (Å²) in [7, 11) is -1.68. The lowest BCUT2D eigenvalue weighted by molar-refractivity contribution is -0.116. The van der Waals surface area contributed by atoms with Gasteiger partial charge in [0.15, 0.2) is 8.32 Å². The molecule has 1 N–H and O–H groups in total. The Balaban J connectivity index is 2.49. The standard InChI is InChI=1S/C13H25NO2Si/c1-10-9-14-12(15)11(10)7-8-16-17(5,6)13(2,3)4/h7-9H2,1-6H3,(H,14,15). The maximum Gasteiger partial charge on any atom is 0.247 e. The van der Waals surface area contributed by atoms with E-state index in [9.17, 15) is 4.79 Å². The Morgan fingerprint density at radius 1 is 1.35 bits per heavy atom. The normalized spacial score (nSPS) is 17.6. The zero-order valence-electron chi connectivity index (χ0n) is 11.9. The Bertz CT molecular complexity index is 340. The maximum absolute atomic E-state index is 11.5. The van der Waals surface area contributed by atoms with Crippen molar-refractivity contribution in [2.24, 2.45) is 0 Å². The monoisotopic (exact) mass is 255 g/mol. The zero-order valence-corrected chi connectivity index (χ0v) is 12.9. The molecule has 1 rings (SSSR count). The SMILES string of the molecule is CC1=C(CCO[Si](C)(C)C(C)(C)C)C(=O)NC1. The van der Waals surface area contributed by atoms with Crippen LogP contribution in [0.4, 0.5) is 0 Å². The van der Waals surface area contributed by atoms with E-state index in [4.69, 9.17) is 4.43 Å². The van der Waals surface area contributed by atoms with Gasteiger partial charge in [-0.05, 0) is 37.0 Å². The van der Waals surface area contributed by atoms with Crippen molar-refractivity contribution in [1.82, 2.24) is 5.32 Å². The summed E-state index contributed by atoms with van der Waals surface area (Å²) in [4.78, 5) is 11.5. The summed E-state index contributed by atoms with van der Waals surface area (Å²) in [6.07, 6.45) is 0.740. The molecule has 3 nitrogen and oxygen atoms in total. The second-order valence-corrected chi connectivity index (χ2v) is 11.1. The van der Waals surface area contributed by atoms with E-state index < -0.39 is 8.32 Å². The first-order valence-corrected chi connectivity index (χ1v) is 9.17. The second kappa shape index (κ2) is 4.94. The summed E-state index contributed by atoms with van der Waals surface area (Å²) >= 11 is 0. The number of amides is 1. The van der Waals surface area contributed by atoms with E-state index in [0.717, 1.165) is 17.6 Å². The van der Waals surface area contributed by atoms with Crippen molar-refractivity contribution in [3.05, 3.63) is 11.1 Å². The van der Waals surface area contributed by atoms with Crippen LogP contribution >= 0.6 is 0 Å². The van der Waals surface area contributed by atoms with E-state index in [-0.39, 0.29) is 10.9 Å².